The summed E-state index contributed by atoms with van der Waals surface area (Å²) in [4.78, 5) is 28.5. The van der Waals surface area contributed by atoms with E-state index in [2.05, 4.69) is 10.3 Å². The molecule has 0 unspecified atom stereocenters. The number of aliphatic carboxylic acids is 1. The number of nitrogens with one attached hydrogen (secondary N) is 1. The predicted octanol–water partition coefficient (Wildman–Crippen LogP) is 1.83. The zero-order chi connectivity index (χ0) is 18.9. The lowest BCUT2D eigenvalue weighted by Gasteiger charge is -2.33. The fourth-order valence-electron chi connectivity index (χ4n) is 3.14. The van der Waals surface area contributed by atoms with Gasteiger partial charge in [0.25, 0.3) is 0 Å². The van der Waals surface area contributed by atoms with Crippen molar-refractivity contribution in [3.8, 4) is 22.1 Å². The van der Waals surface area contributed by atoms with E-state index in [0.717, 1.165) is 10.6 Å². The lowest BCUT2D eigenvalue weighted by atomic mass is 9.90. The van der Waals surface area contributed by atoms with Gasteiger partial charge in [0, 0.05) is 37.0 Å². The second-order valence-corrected chi connectivity index (χ2v) is 7.29. The molecule has 1 aromatic heterocycles. The van der Waals surface area contributed by atoms with Crippen LogP contribution in [0.4, 0.5) is 0 Å². The molecule has 2 aliphatic rings. The Morgan fingerprint density at radius 2 is 2.00 bits per heavy atom. The maximum atomic E-state index is 12.4. The number of carboxylic acids is 1. The first-order valence-corrected chi connectivity index (χ1v) is 9.40. The molecule has 2 N–H and O–H groups in total. The van der Waals surface area contributed by atoms with Crippen LogP contribution in [0.25, 0.3) is 10.6 Å². The molecule has 1 amide bonds. The van der Waals surface area contributed by atoms with E-state index < -0.39 is 11.5 Å². The summed E-state index contributed by atoms with van der Waals surface area (Å²) in [5, 5.41) is 14.8. The minimum atomic E-state index is -1.26. The summed E-state index contributed by atoms with van der Waals surface area (Å²) in [6.45, 7) is 0.841. The highest BCUT2D eigenvalue weighted by atomic mass is 32.1. The highest BCUT2D eigenvalue weighted by Gasteiger charge is 2.41. The van der Waals surface area contributed by atoms with Gasteiger partial charge in [-0.05, 0) is 18.2 Å². The van der Waals surface area contributed by atoms with Crippen molar-refractivity contribution >= 4 is 23.2 Å². The predicted molar refractivity (Wildman–Crippen MR) is 95.9 cm³/mol. The summed E-state index contributed by atoms with van der Waals surface area (Å²) < 4.78 is 15.9. The molecule has 2 aliphatic heterocycles. The third-order valence-electron chi connectivity index (χ3n) is 4.65. The van der Waals surface area contributed by atoms with Crippen LogP contribution in [0.2, 0.25) is 0 Å². The first kappa shape index (κ1) is 17.7. The maximum absolute atomic E-state index is 12.4. The first-order valence-electron chi connectivity index (χ1n) is 8.52. The standard InChI is InChI=1S/C18H18N2O6S/c21-15(20-18(17(22)23)3-5-24-6-4-18)8-12-9-27-16(19-12)11-1-2-13-14(7-11)26-10-25-13/h1-2,7,9H,3-6,8,10H2,(H,20,21)(H,22,23). The number of amides is 1. The van der Waals surface area contributed by atoms with Crippen molar-refractivity contribution in [2.24, 2.45) is 0 Å². The summed E-state index contributed by atoms with van der Waals surface area (Å²) in [5.41, 5.74) is 0.214. The molecule has 0 saturated carbocycles. The van der Waals surface area contributed by atoms with Crippen molar-refractivity contribution in [1.82, 2.24) is 10.3 Å². The number of ether oxygens (including phenoxy) is 3. The molecule has 1 aromatic carbocycles. The van der Waals surface area contributed by atoms with Crippen LogP contribution in [-0.4, -0.2) is 47.5 Å². The van der Waals surface area contributed by atoms with E-state index >= 15 is 0 Å². The minimum absolute atomic E-state index is 0.0247. The molecule has 3 heterocycles. The Kier molecular flexibility index (Phi) is 4.71. The second kappa shape index (κ2) is 7.16. The summed E-state index contributed by atoms with van der Waals surface area (Å²) in [6, 6.07) is 5.57. The first-order chi connectivity index (χ1) is 13.1. The lowest BCUT2D eigenvalue weighted by molar-refractivity contribution is -0.152. The second-order valence-electron chi connectivity index (χ2n) is 6.44. The maximum Gasteiger partial charge on any atom is 0.329 e. The van der Waals surface area contributed by atoms with Crippen LogP contribution >= 0.6 is 11.3 Å². The Hall–Kier alpha value is -2.65. The number of carbonyl (C=O) groups excluding carboxylic acids is 1. The molecule has 4 rings (SSSR count). The molecule has 27 heavy (non-hydrogen) atoms. The van der Waals surface area contributed by atoms with Gasteiger partial charge in [-0.25, -0.2) is 9.78 Å². The molecular formula is C18H18N2O6S. The van der Waals surface area contributed by atoms with E-state index in [1.165, 1.54) is 11.3 Å². The van der Waals surface area contributed by atoms with Crippen molar-refractivity contribution in [2.45, 2.75) is 24.8 Å². The Morgan fingerprint density at radius 3 is 2.78 bits per heavy atom. The fraction of sp³-hybridized carbons (Fsp3) is 0.389. The molecular weight excluding hydrogens is 372 g/mol. The zero-order valence-electron chi connectivity index (χ0n) is 14.4. The third kappa shape index (κ3) is 3.60. The molecule has 2 aromatic rings. The highest BCUT2D eigenvalue weighted by molar-refractivity contribution is 7.13. The van der Waals surface area contributed by atoms with Gasteiger partial charge in [-0.1, -0.05) is 0 Å². The summed E-state index contributed by atoms with van der Waals surface area (Å²) in [6.07, 6.45) is 0.540. The molecule has 142 valence electrons. The van der Waals surface area contributed by atoms with Crippen LogP contribution < -0.4 is 14.8 Å². The van der Waals surface area contributed by atoms with Crippen LogP contribution in [0.5, 0.6) is 11.5 Å². The number of nitrogens with zero attached hydrogens (tertiary/aromatic N) is 1. The van der Waals surface area contributed by atoms with Gasteiger partial charge in [0.2, 0.25) is 12.7 Å². The van der Waals surface area contributed by atoms with Gasteiger partial charge in [0.05, 0.1) is 12.1 Å². The average Bonchev–Trinajstić information content (AvgIpc) is 3.30. The third-order valence-corrected chi connectivity index (χ3v) is 5.59. The smallest absolute Gasteiger partial charge is 0.329 e. The van der Waals surface area contributed by atoms with Gasteiger partial charge < -0.3 is 24.6 Å². The van der Waals surface area contributed by atoms with E-state index in [-0.39, 0.29) is 32.0 Å². The Morgan fingerprint density at radius 1 is 1.22 bits per heavy atom. The average molecular weight is 390 g/mol. The Bertz CT molecular complexity index is 874. The van der Waals surface area contributed by atoms with Crippen LogP contribution in [0.3, 0.4) is 0 Å². The SMILES string of the molecule is O=C(Cc1csc(-c2ccc3c(c2)OCO3)n1)NC1(C(=O)O)CCOCC1. The number of thiazole rings is 1. The normalized spacial score (nSPS) is 17.5. The van der Waals surface area contributed by atoms with E-state index in [9.17, 15) is 14.7 Å². The number of hydrogen-bond acceptors (Lipinski definition) is 7. The van der Waals surface area contributed by atoms with Gasteiger partial charge in [0.1, 0.15) is 10.5 Å². The van der Waals surface area contributed by atoms with Crippen LogP contribution in [0.15, 0.2) is 23.6 Å². The number of rotatable bonds is 5. The van der Waals surface area contributed by atoms with E-state index in [4.69, 9.17) is 14.2 Å². The molecule has 1 saturated heterocycles. The molecule has 8 nitrogen and oxygen atoms in total. The van der Waals surface area contributed by atoms with Crippen molar-refractivity contribution in [3.05, 3.63) is 29.3 Å². The number of carboxylic acid groups (broad SMARTS) is 1. The van der Waals surface area contributed by atoms with Gasteiger partial charge in [-0.2, -0.15) is 0 Å². The van der Waals surface area contributed by atoms with E-state index in [0.29, 0.717) is 30.4 Å². The zero-order valence-corrected chi connectivity index (χ0v) is 15.2. The topological polar surface area (TPSA) is 107 Å². The molecule has 0 aliphatic carbocycles. The number of carbonyl (C=O) groups is 2. The molecule has 9 heteroatoms. The van der Waals surface area contributed by atoms with E-state index in [1.807, 2.05) is 18.2 Å². The van der Waals surface area contributed by atoms with E-state index in [1.54, 1.807) is 5.38 Å². The molecule has 0 bridgehead atoms. The van der Waals surface area contributed by atoms with Crippen molar-refractivity contribution < 1.29 is 28.9 Å². The van der Waals surface area contributed by atoms with Crippen LogP contribution in [0.1, 0.15) is 18.5 Å². The monoisotopic (exact) mass is 390 g/mol. The van der Waals surface area contributed by atoms with Gasteiger partial charge in [0.15, 0.2) is 11.5 Å². The number of benzene rings is 1. The quantitative estimate of drug-likeness (QED) is 0.802. The summed E-state index contributed by atoms with van der Waals surface area (Å²) >= 11 is 1.42. The van der Waals surface area contributed by atoms with Crippen molar-refractivity contribution in [2.75, 3.05) is 20.0 Å². The van der Waals surface area contributed by atoms with Crippen LogP contribution in [0, 0.1) is 0 Å². The Labute approximate surface area is 159 Å². The van der Waals surface area contributed by atoms with Crippen molar-refractivity contribution in [1.29, 1.82) is 0 Å². The van der Waals surface area contributed by atoms with Gasteiger partial charge >= 0.3 is 5.97 Å². The van der Waals surface area contributed by atoms with Crippen molar-refractivity contribution in [3.63, 3.8) is 0 Å². The number of fused-ring (bicyclic) bond motifs is 1. The molecule has 0 spiro atoms. The summed E-state index contributed by atoms with van der Waals surface area (Å²) in [7, 11) is 0. The highest BCUT2D eigenvalue weighted by Crippen LogP contribution is 2.36. The number of aromatic nitrogens is 1. The molecule has 0 atom stereocenters. The fourth-order valence-corrected chi connectivity index (χ4v) is 3.95. The van der Waals surface area contributed by atoms with Gasteiger partial charge in [-0.15, -0.1) is 11.3 Å². The number of hydrogen-bond donors (Lipinski definition) is 2. The molecule has 1 fully saturated rings. The molecule has 0 radical (unpaired) electrons. The lowest BCUT2D eigenvalue weighted by Crippen LogP contribution is -2.57. The Balaban J connectivity index is 1.44. The summed E-state index contributed by atoms with van der Waals surface area (Å²) in [5.74, 6) is -0.0180. The largest absolute Gasteiger partial charge is 0.480 e. The minimum Gasteiger partial charge on any atom is -0.480 e. The van der Waals surface area contributed by atoms with Crippen LogP contribution in [-0.2, 0) is 20.7 Å². The van der Waals surface area contributed by atoms with Gasteiger partial charge in [-0.3, -0.25) is 4.79 Å².